The number of ether oxygens (including phenoxy) is 1. The number of nitrogens with one attached hydrogen (secondary N) is 1. The highest BCUT2D eigenvalue weighted by Crippen LogP contribution is 2.32. The second-order valence-corrected chi connectivity index (χ2v) is 3.72. The van der Waals surface area contributed by atoms with Gasteiger partial charge in [-0.05, 0) is 13.0 Å². The van der Waals surface area contributed by atoms with Crippen LogP contribution in [0.15, 0.2) is 12.1 Å². The Bertz CT molecular complexity index is 447. The van der Waals surface area contributed by atoms with Gasteiger partial charge >= 0.3 is 5.69 Å². The monoisotopic (exact) mass is 244 g/mol. The molecule has 0 spiro atoms. The zero-order chi connectivity index (χ0) is 12.4. The van der Waals surface area contributed by atoms with Gasteiger partial charge in [-0.15, -0.1) is 0 Å². The fraction of sp³-hybridized carbons (Fsp3) is 0.400. The van der Waals surface area contributed by atoms with Gasteiger partial charge in [-0.25, -0.2) is 4.39 Å². The molecule has 1 saturated heterocycles. The molecule has 1 heterocycles. The van der Waals surface area contributed by atoms with Crippen molar-refractivity contribution >= 4 is 5.69 Å². The van der Waals surface area contributed by atoms with Gasteiger partial charge in [0, 0.05) is 18.7 Å². The summed E-state index contributed by atoms with van der Waals surface area (Å²) in [5.41, 5.74) is -0.821. The maximum Gasteiger partial charge on any atom is 0.346 e. The summed E-state index contributed by atoms with van der Waals surface area (Å²) in [4.78, 5) is 9.76. The van der Waals surface area contributed by atoms with Crippen molar-refractivity contribution in [1.82, 2.24) is 5.32 Å². The molecule has 0 aliphatic carbocycles. The van der Waals surface area contributed by atoms with Crippen molar-refractivity contribution in [2.75, 3.05) is 13.1 Å². The van der Waals surface area contributed by atoms with E-state index in [4.69, 9.17) is 4.74 Å². The molecule has 92 valence electrons. The molecule has 1 aliphatic rings. The molecule has 17 heavy (non-hydrogen) atoms. The second kappa shape index (κ2) is 4.62. The van der Waals surface area contributed by atoms with Gasteiger partial charge in [-0.3, -0.25) is 10.1 Å². The van der Waals surface area contributed by atoms with Crippen LogP contribution in [-0.2, 0) is 0 Å². The van der Waals surface area contributed by atoms with Crippen LogP contribution < -0.4 is 10.1 Å². The lowest BCUT2D eigenvalue weighted by Crippen LogP contribution is -2.20. The van der Waals surface area contributed by atoms with Gasteiger partial charge < -0.3 is 10.1 Å². The molecule has 5 nitrogen and oxygen atoms in total. The lowest BCUT2D eigenvalue weighted by atomic mass is 10.2. The summed E-state index contributed by atoms with van der Waals surface area (Å²) >= 11 is 0. The van der Waals surface area contributed by atoms with E-state index in [-0.39, 0.29) is 11.9 Å². The first-order valence-electron chi connectivity index (χ1n) is 5.08. The minimum atomic E-state index is -1.23. The molecular weight excluding hydrogens is 234 g/mol. The molecule has 0 aromatic heterocycles. The van der Waals surface area contributed by atoms with Crippen LogP contribution in [0.1, 0.15) is 6.42 Å². The second-order valence-electron chi connectivity index (χ2n) is 3.72. The van der Waals surface area contributed by atoms with E-state index in [0.717, 1.165) is 12.6 Å². The quantitative estimate of drug-likeness (QED) is 0.648. The zero-order valence-electron chi connectivity index (χ0n) is 8.78. The minimum Gasteiger partial charge on any atom is -0.482 e. The zero-order valence-corrected chi connectivity index (χ0v) is 8.78. The first kappa shape index (κ1) is 11.7. The fourth-order valence-corrected chi connectivity index (χ4v) is 1.72. The third-order valence-electron chi connectivity index (χ3n) is 2.48. The van der Waals surface area contributed by atoms with Gasteiger partial charge in [0.1, 0.15) is 11.9 Å². The van der Waals surface area contributed by atoms with E-state index >= 15 is 0 Å². The number of halogens is 2. The number of benzene rings is 1. The molecule has 7 heteroatoms. The molecule has 1 aromatic carbocycles. The average molecular weight is 244 g/mol. The topological polar surface area (TPSA) is 64.4 Å². The predicted molar refractivity (Wildman–Crippen MR) is 54.9 cm³/mol. The highest BCUT2D eigenvalue weighted by molar-refractivity contribution is 5.47. The number of nitro benzene ring substituents is 1. The molecule has 0 bridgehead atoms. The van der Waals surface area contributed by atoms with Crippen molar-refractivity contribution in [3.05, 3.63) is 33.9 Å². The van der Waals surface area contributed by atoms with Crippen LogP contribution >= 0.6 is 0 Å². The number of nitrogens with zero attached hydrogens (tertiary/aromatic N) is 1. The lowest BCUT2D eigenvalue weighted by Gasteiger charge is -2.12. The number of rotatable bonds is 3. The van der Waals surface area contributed by atoms with Crippen LogP contribution in [0.2, 0.25) is 0 Å². The maximum absolute atomic E-state index is 13.3. The predicted octanol–water partition coefficient (Wildman–Crippen LogP) is 1.61. The van der Waals surface area contributed by atoms with Gasteiger partial charge in [-0.2, -0.15) is 4.39 Å². The summed E-state index contributed by atoms with van der Waals surface area (Å²) in [5, 5.41) is 13.7. The summed E-state index contributed by atoms with van der Waals surface area (Å²) in [6, 6.07) is 1.30. The Balaban J connectivity index is 2.32. The van der Waals surface area contributed by atoms with Gasteiger partial charge in [0.25, 0.3) is 0 Å². The van der Waals surface area contributed by atoms with Gasteiger partial charge in [0.15, 0.2) is 0 Å². The van der Waals surface area contributed by atoms with Crippen molar-refractivity contribution in [3.63, 3.8) is 0 Å². The van der Waals surface area contributed by atoms with Crippen LogP contribution in [0.5, 0.6) is 5.75 Å². The third-order valence-corrected chi connectivity index (χ3v) is 2.48. The van der Waals surface area contributed by atoms with Crippen LogP contribution in [0, 0.1) is 21.7 Å². The number of hydrogen-bond acceptors (Lipinski definition) is 4. The molecule has 1 aromatic rings. The van der Waals surface area contributed by atoms with Crippen molar-refractivity contribution < 1.29 is 18.4 Å². The molecule has 0 saturated carbocycles. The highest BCUT2D eigenvalue weighted by atomic mass is 19.1. The van der Waals surface area contributed by atoms with E-state index in [2.05, 4.69) is 5.32 Å². The highest BCUT2D eigenvalue weighted by Gasteiger charge is 2.26. The Morgan fingerprint density at radius 1 is 1.47 bits per heavy atom. The largest absolute Gasteiger partial charge is 0.482 e. The Morgan fingerprint density at radius 3 is 2.82 bits per heavy atom. The number of hydrogen-bond donors (Lipinski definition) is 1. The standard InChI is InChI=1S/C10H10F2N2O3/c11-6-3-8(12)10(14(15)16)9(4-6)17-7-1-2-13-5-7/h3-4,7,13H,1-2,5H2. The van der Waals surface area contributed by atoms with Crippen molar-refractivity contribution in [3.8, 4) is 5.75 Å². The average Bonchev–Trinajstić information content (AvgIpc) is 2.68. The number of nitro groups is 1. The molecule has 1 fully saturated rings. The summed E-state index contributed by atoms with van der Waals surface area (Å²) in [7, 11) is 0. The van der Waals surface area contributed by atoms with Crippen LogP contribution in [0.25, 0.3) is 0 Å². The summed E-state index contributed by atoms with van der Waals surface area (Å²) in [6.45, 7) is 1.23. The molecule has 1 aliphatic heterocycles. The van der Waals surface area contributed by atoms with Crippen molar-refractivity contribution in [1.29, 1.82) is 0 Å². The Morgan fingerprint density at radius 2 is 2.24 bits per heavy atom. The molecule has 1 atom stereocenters. The smallest absolute Gasteiger partial charge is 0.346 e. The molecule has 1 unspecified atom stereocenters. The summed E-state index contributed by atoms with van der Waals surface area (Å²) in [6.07, 6.45) is 0.352. The van der Waals surface area contributed by atoms with E-state index in [1.165, 1.54) is 0 Å². The molecule has 1 N–H and O–H groups in total. The van der Waals surface area contributed by atoms with E-state index in [1.807, 2.05) is 0 Å². The Kier molecular flexibility index (Phi) is 3.19. The van der Waals surface area contributed by atoms with Crippen LogP contribution in [-0.4, -0.2) is 24.1 Å². The van der Waals surface area contributed by atoms with Crippen molar-refractivity contribution in [2.45, 2.75) is 12.5 Å². The molecular formula is C10H10F2N2O3. The van der Waals surface area contributed by atoms with Gasteiger partial charge in [0.2, 0.25) is 11.6 Å². The van der Waals surface area contributed by atoms with E-state index in [1.54, 1.807) is 0 Å². The minimum absolute atomic E-state index is 0.296. The molecule has 2 rings (SSSR count). The van der Waals surface area contributed by atoms with Crippen LogP contribution in [0.3, 0.4) is 0 Å². The normalized spacial score (nSPS) is 19.3. The van der Waals surface area contributed by atoms with Crippen LogP contribution in [0.4, 0.5) is 14.5 Å². The first-order chi connectivity index (χ1) is 8.08. The first-order valence-corrected chi connectivity index (χ1v) is 5.08. The third kappa shape index (κ3) is 2.50. The Labute approximate surface area is 95.5 Å². The van der Waals surface area contributed by atoms with Gasteiger partial charge in [-0.1, -0.05) is 0 Å². The Hall–Kier alpha value is -1.76. The van der Waals surface area contributed by atoms with Crippen molar-refractivity contribution in [2.24, 2.45) is 0 Å². The summed E-state index contributed by atoms with van der Waals surface area (Å²) in [5.74, 6) is -2.48. The SMILES string of the molecule is O=[N+]([O-])c1c(F)cc(F)cc1OC1CCNC1. The van der Waals surface area contributed by atoms with E-state index in [9.17, 15) is 18.9 Å². The van der Waals surface area contributed by atoms with Gasteiger partial charge in [0.05, 0.1) is 4.92 Å². The molecule has 0 radical (unpaired) electrons. The van der Waals surface area contributed by atoms with E-state index < -0.39 is 22.2 Å². The fourth-order valence-electron chi connectivity index (χ4n) is 1.72. The summed E-state index contributed by atoms with van der Waals surface area (Å²) < 4.78 is 31.5. The maximum atomic E-state index is 13.3. The lowest BCUT2D eigenvalue weighted by molar-refractivity contribution is -0.388. The van der Waals surface area contributed by atoms with E-state index in [0.29, 0.717) is 19.0 Å². The molecule has 0 amide bonds.